The van der Waals surface area contributed by atoms with Crippen LogP contribution < -0.4 is 10.6 Å². The van der Waals surface area contributed by atoms with E-state index < -0.39 is 58.6 Å². The number of amides is 2. The van der Waals surface area contributed by atoms with Gasteiger partial charge >= 0.3 is 24.1 Å². The number of hydrogen-bond acceptors (Lipinski definition) is 10. The lowest BCUT2D eigenvalue weighted by molar-refractivity contribution is -0.159. The zero-order valence-corrected chi connectivity index (χ0v) is 26.7. The summed E-state index contributed by atoms with van der Waals surface area (Å²) in [4.78, 5) is 50.4. The van der Waals surface area contributed by atoms with Gasteiger partial charge in [0.1, 0.15) is 34.5 Å². The summed E-state index contributed by atoms with van der Waals surface area (Å²) in [6.45, 7) is 21.2. The van der Waals surface area contributed by atoms with Crippen molar-refractivity contribution >= 4 is 45.7 Å². The molecular weight excluding hydrogens is 532 g/mol. The van der Waals surface area contributed by atoms with Crippen LogP contribution in [0.15, 0.2) is 0 Å². The van der Waals surface area contributed by atoms with Gasteiger partial charge in [0, 0.05) is 11.5 Å². The van der Waals surface area contributed by atoms with E-state index in [0.717, 1.165) is 6.42 Å². The van der Waals surface area contributed by atoms with Crippen molar-refractivity contribution in [3.05, 3.63) is 0 Å². The van der Waals surface area contributed by atoms with Crippen molar-refractivity contribution < 1.29 is 38.1 Å². The monoisotopic (exact) mass is 580 g/mol. The quantitative estimate of drug-likeness (QED) is 0.130. The van der Waals surface area contributed by atoms with Crippen molar-refractivity contribution in [3.8, 4) is 0 Å². The third kappa shape index (κ3) is 18.4. The van der Waals surface area contributed by atoms with Gasteiger partial charge in [-0.25, -0.2) is 19.2 Å². The van der Waals surface area contributed by atoms with Crippen LogP contribution in [0.1, 0.15) is 95.9 Å². The Morgan fingerprint density at radius 2 is 0.947 bits per heavy atom. The molecule has 0 aromatic rings. The van der Waals surface area contributed by atoms with Gasteiger partial charge in [-0.1, -0.05) is 34.9 Å². The first kappa shape index (κ1) is 36.2. The molecule has 0 spiro atoms. The summed E-state index contributed by atoms with van der Waals surface area (Å²) >= 11 is 0. The van der Waals surface area contributed by atoms with E-state index >= 15 is 0 Å². The predicted molar refractivity (Wildman–Crippen MR) is 152 cm³/mol. The second-order valence-corrected chi connectivity index (χ2v) is 15.0. The van der Waals surface area contributed by atoms with Crippen LogP contribution in [0.25, 0.3) is 0 Å². The van der Waals surface area contributed by atoms with Gasteiger partial charge < -0.3 is 29.6 Å². The van der Waals surface area contributed by atoms with E-state index in [9.17, 15) is 19.2 Å². The molecule has 2 atom stereocenters. The highest BCUT2D eigenvalue weighted by Gasteiger charge is 2.32. The highest BCUT2D eigenvalue weighted by atomic mass is 33.1. The number of ether oxygens (including phenoxy) is 4. The van der Waals surface area contributed by atoms with E-state index in [1.807, 2.05) is 20.8 Å². The zero-order valence-electron chi connectivity index (χ0n) is 25.1. The maximum atomic E-state index is 12.9. The standard InChI is InChI=1S/C26H48N2O8S2/c1-13-14-26(11,12)34-20(30)18(28-22(32)36-25(8,9)10)16-38-37-15-17(19(29)33-23(2,3)4)27-21(31)35-24(5,6)7/h17-18H,13-16H2,1-12H3,(H,27,31)(H,28,32)/t17-,18-/m0/s1. The molecule has 0 aliphatic carbocycles. The molecule has 10 nitrogen and oxygen atoms in total. The molecule has 0 rings (SSSR count). The first-order chi connectivity index (χ1) is 17.0. The van der Waals surface area contributed by atoms with Crippen LogP contribution >= 0.6 is 21.6 Å². The number of rotatable bonds is 12. The second-order valence-electron chi connectivity index (χ2n) is 12.4. The third-order valence-corrected chi connectivity index (χ3v) is 6.56. The van der Waals surface area contributed by atoms with Crippen molar-refractivity contribution in [2.24, 2.45) is 0 Å². The molecule has 0 fully saturated rings. The summed E-state index contributed by atoms with van der Waals surface area (Å²) in [6.07, 6.45) is 0.00105. The first-order valence-corrected chi connectivity index (χ1v) is 15.2. The number of hydrogen-bond donors (Lipinski definition) is 2. The van der Waals surface area contributed by atoms with Crippen LogP contribution in [0.2, 0.25) is 0 Å². The lowest BCUT2D eigenvalue weighted by Crippen LogP contribution is -2.48. The Kier molecular flexibility index (Phi) is 14.4. The Morgan fingerprint density at radius 3 is 1.26 bits per heavy atom. The largest absolute Gasteiger partial charge is 0.458 e. The minimum Gasteiger partial charge on any atom is -0.458 e. The molecule has 2 amide bonds. The van der Waals surface area contributed by atoms with E-state index in [0.29, 0.717) is 6.42 Å². The molecule has 0 aromatic carbocycles. The summed E-state index contributed by atoms with van der Waals surface area (Å²) in [7, 11) is 2.47. The van der Waals surface area contributed by atoms with E-state index in [-0.39, 0.29) is 11.5 Å². The Bertz CT molecular complexity index is 799. The molecule has 0 aromatic heterocycles. The van der Waals surface area contributed by atoms with Gasteiger partial charge in [0.15, 0.2) is 0 Å². The SMILES string of the molecule is CCCC(C)(C)OC(=O)[C@H](CSSC[C@H](NC(=O)OC(C)(C)C)C(=O)OC(C)(C)C)NC(=O)OC(C)(C)C. The fourth-order valence-corrected chi connectivity index (χ4v) is 5.14. The average Bonchev–Trinajstić information content (AvgIpc) is 2.64. The molecule has 12 heteroatoms. The smallest absolute Gasteiger partial charge is 0.408 e. The molecular formula is C26H48N2O8S2. The van der Waals surface area contributed by atoms with Gasteiger partial charge in [-0.2, -0.15) is 0 Å². The Labute approximate surface area is 236 Å². The van der Waals surface area contributed by atoms with E-state index in [2.05, 4.69) is 10.6 Å². The van der Waals surface area contributed by atoms with Gasteiger partial charge in [0.25, 0.3) is 0 Å². The minimum absolute atomic E-state index is 0.133. The summed E-state index contributed by atoms with van der Waals surface area (Å²) in [6, 6.07) is -1.98. The molecule has 0 saturated heterocycles. The van der Waals surface area contributed by atoms with Crippen LogP contribution in [0, 0.1) is 0 Å². The van der Waals surface area contributed by atoms with Crippen molar-refractivity contribution in [3.63, 3.8) is 0 Å². The maximum Gasteiger partial charge on any atom is 0.408 e. The number of alkyl carbamates (subject to hydrolysis) is 2. The average molecular weight is 581 g/mol. The van der Waals surface area contributed by atoms with Crippen LogP contribution in [0.3, 0.4) is 0 Å². The molecule has 0 aliphatic heterocycles. The van der Waals surface area contributed by atoms with Crippen molar-refractivity contribution in [2.75, 3.05) is 11.5 Å². The lowest BCUT2D eigenvalue weighted by atomic mass is 10.0. The second kappa shape index (κ2) is 15.1. The normalized spacial score (nSPS) is 14.1. The van der Waals surface area contributed by atoms with Gasteiger partial charge in [0.2, 0.25) is 0 Å². The van der Waals surface area contributed by atoms with E-state index in [1.54, 1.807) is 62.3 Å². The van der Waals surface area contributed by atoms with Gasteiger partial charge in [-0.15, -0.1) is 0 Å². The summed E-state index contributed by atoms with van der Waals surface area (Å²) in [5.74, 6) is -0.925. The van der Waals surface area contributed by atoms with Gasteiger partial charge in [-0.05, 0) is 82.6 Å². The van der Waals surface area contributed by atoms with E-state index in [1.165, 1.54) is 21.6 Å². The lowest BCUT2D eigenvalue weighted by Gasteiger charge is -2.28. The predicted octanol–water partition coefficient (Wildman–Crippen LogP) is 5.62. The fourth-order valence-electron chi connectivity index (χ4n) is 2.84. The summed E-state index contributed by atoms with van der Waals surface area (Å²) in [5.41, 5.74) is -2.93. The molecule has 222 valence electrons. The molecule has 38 heavy (non-hydrogen) atoms. The number of esters is 2. The maximum absolute atomic E-state index is 12.9. The van der Waals surface area contributed by atoms with Crippen LogP contribution in [0.5, 0.6) is 0 Å². The molecule has 0 heterocycles. The topological polar surface area (TPSA) is 129 Å². The third-order valence-electron chi connectivity index (χ3n) is 4.14. The fraction of sp³-hybridized carbons (Fsp3) is 0.846. The number of nitrogens with one attached hydrogen (secondary N) is 2. The summed E-state index contributed by atoms with van der Waals surface area (Å²) in [5, 5.41) is 5.15. The first-order valence-electron chi connectivity index (χ1n) is 12.7. The van der Waals surface area contributed by atoms with Gasteiger partial charge in [-0.3, -0.25) is 0 Å². The summed E-state index contributed by atoms with van der Waals surface area (Å²) < 4.78 is 21.7. The van der Waals surface area contributed by atoms with Crippen molar-refractivity contribution in [1.82, 2.24) is 10.6 Å². The zero-order chi connectivity index (χ0) is 29.9. The molecule has 0 radical (unpaired) electrons. The molecule has 0 unspecified atom stereocenters. The van der Waals surface area contributed by atoms with E-state index in [4.69, 9.17) is 18.9 Å². The van der Waals surface area contributed by atoms with Crippen molar-refractivity contribution in [2.45, 2.75) is 130 Å². The number of carbonyl (C=O) groups is 4. The van der Waals surface area contributed by atoms with Crippen LogP contribution in [-0.4, -0.2) is 70.1 Å². The van der Waals surface area contributed by atoms with Crippen LogP contribution in [-0.2, 0) is 28.5 Å². The molecule has 0 bridgehead atoms. The Morgan fingerprint density at radius 1 is 0.605 bits per heavy atom. The number of carbonyl (C=O) groups excluding carboxylic acids is 4. The minimum atomic E-state index is -0.991. The van der Waals surface area contributed by atoms with Crippen molar-refractivity contribution in [1.29, 1.82) is 0 Å². The molecule has 0 aliphatic rings. The van der Waals surface area contributed by atoms with Gasteiger partial charge in [0.05, 0.1) is 0 Å². The Hall–Kier alpha value is -1.82. The van der Waals surface area contributed by atoms with Crippen LogP contribution in [0.4, 0.5) is 9.59 Å². The molecule has 2 N–H and O–H groups in total. The highest BCUT2D eigenvalue weighted by Crippen LogP contribution is 2.26. The molecule has 0 saturated carbocycles. The highest BCUT2D eigenvalue weighted by molar-refractivity contribution is 8.76. The Balaban J connectivity index is 5.39.